The Kier molecular flexibility index (Phi) is 16.2. The van der Waals surface area contributed by atoms with Crippen LogP contribution in [0, 0.1) is 17.8 Å². The number of carbonyl (C=O) groups excluding carboxylic acids is 1. The molecule has 0 bridgehead atoms. The Bertz CT molecular complexity index is 1760. The van der Waals surface area contributed by atoms with Crippen molar-refractivity contribution in [2.24, 2.45) is 17.8 Å². The number of hydrogen-bond donors (Lipinski definition) is 1. The maximum absolute atomic E-state index is 13.8. The van der Waals surface area contributed by atoms with E-state index in [2.05, 4.69) is 13.0 Å². The molecule has 1 fully saturated rings. The van der Waals surface area contributed by atoms with Gasteiger partial charge in [-0.2, -0.15) is 0 Å². The number of carbonyl (C=O) groups is 1. The van der Waals surface area contributed by atoms with E-state index in [1.807, 2.05) is 103 Å². The number of benzene rings is 4. The second-order valence-electron chi connectivity index (χ2n) is 15.0. The van der Waals surface area contributed by atoms with E-state index < -0.39 is 13.8 Å². The monoisotopic (exact) mass is 784 g/mol. The predicted octanol–water partition coefficient (Wildman–Crippen LogP) is 9.82. The molecule has 300 valence electrons. The Labute approximate surface area is 332 Å². The number of phosphoric ester groups is 1. The predicted molar refractivity (Wildman–Crippen MR) is 216 cm³/mol. The van der Waals surface area contributed by atoms with Gasteiger partial charge in [0, 0.05) is 0 Å². The largest absolute Gasteiger partial charge is 0.482 e. The second kappa shape index (κ2) is 21.6. The van der Waals surface area contributed by atoms with Crippen molar-refractivity contribution >= 4 is 13.8 Å². The number of ether oxygens (including phenoxy) is 3. The summed E-state index contributed by atoms with van der Waals surface area (Å²) < 4.78 is 49.0. The number of fused-ring (bicyclic) bond motifs is 2. The summed E-state index contributed by atoms with van der Waals surface area (Å²) in [6, 6.07) is 34.7. The van der Waals surface area contributed by atoms with Crippen molar-refractivity contribution < 1.29 is 42.2 Å². The minimum Gasteiger partial charge on any atom is -0.482 e. The highest BCUT2D eigenvalue weighted by Gasteiger charge is 2.45. The van der Waals surface area contributed by atoms with Gasteiger partial charge in [-0.25, -0.2) is 9.36 Å². The van der Waals surface area contributed by atoms with Crippen LogP contribution in [0.5, 0.6) is 5.75 Å². The number of aliphatic hydroxyl groups excluding tert-OH is 1. The summed E-state index contributed by atoms with van der Waals surface area (Å²) in [5.41, 5.74) is 5.03. The van der Waals surface area contributed by atoms with Crippen LogP contribution in [0.4, 0.5) is 0 Å². The molecule has 56 heavy (non-hydrogen) atoms. The van der Waals surface area contributed by atoms with E-state index in [1.165, 1.54) is 5.56 Å². The van der Waals surface area contributed by atoms with Crippen LogP contribution in [-0.4, -0.2) is 43.1 Å². The van der Waals surface area contributed by atoms with Crippen LogP contribution in [-0.2, 0) is 65.1 Å². The first-order chi connectivity index (χ1) is 27.4. The van der Waals surface area contributed by atoms with Crippen molar-refractivity contribution in [1.82, 2.24) is 0 Å². The average molecular weight is 785 g/mol. The third kappa shape index (κ3) is 12.6. The van der Waals surface area contributed by atoms with E-state index >= 15 is 0 Å². The van der Waals surface area contributed by atoms with E-state index in [-0.39, 0.29) is 57.8 Å². The van der Waals surface area contributed by atoms with Gasteiger partial charge < -0.3 is 19.3 Å². The van der Waals surface area contributed by atoms with Crippen LogP contribution in [0.2, 0.25) is 0 Å². The summed E-state index contributed by atoms with van der Waals surface area (Å²) in [4.78, 5) is 12.5. The molecular formula is C46H57O9P. The average Bonchev–Trinajstić information content (AvgIpc) is 3.54. The summed E-state index contributed by atoms with van der Waals surface area (Å²) >= 11 is 0. The number of phosphoric acid groups is 1. The third-order valence-electron chi connectivity index (χ3n) is 11.0. The molecule has 5 atom stereocenters. The van der Waals surface area contributed by atoms with Gasteiger partial charge in [0.25, 0.3) is 0 Å². The van der Waals surface area contributed by atoms with Crippen LogP contribution in [0.1, 0.15) is 79.7 Å². The van der Waals surface area contributed by atoms with Crippen LogP contribution in [0.15, 0.2) is 109 Å². The highest BCUT2D eigenvalue weighted by Crippen LogP contribution is 2.51. The molecule has 9 nitrogen and oxygen atoms in total. The molecule has 0 aromatic heterocycles. The molecule has 4 aromatic carbocycles. The molecule has 1 N–H and O–H groups in total. The first kappa shape index (κ1) is 41.8. The molecule has 10 heteroatoms. The van der Waals surface area contributed by atoms with Gasteiger partial charge in [0.2, 0.25) is 0 Å². The zero-order chi connectivity index (χ0) is 39.0. The van der Waals surface area contributed by atoms with E-state index in [1.54, 1.807) is 0 Å². The Hall–Kier alpha value is -3.82. The van der Waals surface area contributed by atoms with Gasteiger partial charge in [0.1, 0.15) is 12.4 Å². The third-order valence-corrected chi connectivity index (χ3v) is 12.4. The quantitative estimate of drug-likeness (QED) is 0.0447. The molecule has 6 rings (SSSR count). The molecule has 2 aliphatic carbocycles. The molecule has 2 aliphatic rings. The summed E-state index contributed by atoms with van der Waals surface area (Å²) in [7, 11) is -3.89. The van der Waals surface area contributed by atoms with Crippen molar-refractivity contribution in [3.63, 3.8) is 0 Å². The normalized spacial score (nSPS) is 19.5. The van der Waals surface area contributed by atoms with Gasteiger partial charge in [-0.05, 0) is 90.2 Å². The lowest BCUT2D eigenvalue weighted by Gasteiger charge is -2.33. The minimum atomic E-state index is -3.89. The first-order valence-electron chi connectivity index (χ1n) is 20.2. The van der Waals surface area contributed by atoms with Crippen LogP contribution >= 0.6 is 7.82 Å². The summed E-state index contributed by atoms with van der Waals surface area (Å²) in [6.07, 6.45) is 7.91. The van der Waals surface area contributed by atoms with Crippen LogP contribution in [0.3, 0.4) is 0 Å². The zero-order valence-corrected chi connectivity index (χ0v) is 33.4. The van der Waals surface area contributed by atoms with Crippen molar-refractivity contribution in [3.8, 4) is 5.75 Å². The molecule has 0 heterocycles. The van der Waals surface area contributed by atoms with E-state index in [4.69, 9.17) is 27.8 Å². The van der Waals surface area contributed by atoms with Gasteiger partial charge in [-0.1, -0.05) is 129 Å². The van der Waals surface area contributed by atoms with Crippen molar-refractivity contribution in [3.05, 3.63) is 137 Å². The summed E-state index contributed by atoms with van der Waals surface area (Å²) in [5.74, 6) is 1.18. The maximum atomic E-state index is 13.8. The molecule has 0 spiro atoms. The van der Waals surface area contributed by atoms with E-state index in [9.17, 15) is 14.5 Å². The Morgan fingerprint density at radius 1 is 0.750 bits per heavy atom. The fourth-order valence-electron chi connectivity index (χ4n) is 8.10. The van der Waals surface area contributed by atoms with Gasteiger partial charge in [0.15, 0.2) is 6.61 Å². The lowest BCUT2D eigenvalue weighted by atomic mass is 9.73. The lowest BCUT2D eigenvalue weighted by Crippen LogP contribution is -2.28. The molecule has 0 amide bonds. The number of aliphatic hydroxyl groups is 1. The van der Waals surface area contributed by atoms with Crippen molar-refractivity contribution in [2.45, 2.75) is 96.7 Å². The van der Waals surface area contributed by atoms with Crippen LogP contribution in [0.25, 0.3) is 0 Å². The first-order valence-corrected chi connectivity index (χ1v) is 21.7. The number of rotatable bonds is 23. The molecular weight excluding hydrogens is 727 g/mol. The zero-order valence-electron chi connectivity index (χ0n) is 32.5. The molecule has 0 radical (unpaired) electrons. The molecule has 4 unspecified atom stereocenters. The SMILES string of the molecule is CCCCCC(CCC1C2Cc3cccc(OCC(=O)OCc4ccccc4)c3CC2C[C@H]1O)OCCOP(=O)(OCc1ccccc1)OCc1ccccc1. The van der Waals surface area contributed by atoms with Crippen molar-refractivity contribution in [2.75, 3.05) is 19.8 Å². The number of esters is 1. The lowest BCUT2D eigenvalue weighted by molar-refractivity contribution is -0.147. The molecule has 0 aliphatic heterocycles. The van der Waals surface area contributed by atoms with Gasteiger partial charge >= 0.3 is 13.8 Å². The smallest absolute Gasteiger partial charge is 0.475 e. The topological polar surface area (TPSA) is 110 Å². The van der Waals surface area contributed by atoms with E-state index in [0.29, 0.717) is 11.8 Å². The second-order valence-corrected chi connectivity index (χ2v) is 16.7. The van der Waals surface area contributed by atoms with Crippen molar-refractivity contribution in [1.29, 1.82) is 0 Å². The molecule has 4 aromatic rings. The maximum Gasteiger partial charge on any atom is 0.475 e. The van der Waals surface area contributed by atoms with Crippen LogP contribution < -0.4 is 4.74 Å². The fourth-order valence-corrected chi connectivity index (χ4v) is 9.23. The van der Waals surface area contributed by atoms with E-state index in [0.717, 1.165) is 85.8 Å². The molecule has 1 saturated carbocycles. The van der Waals surface area contributed by atoms with Gasteiger partial charge in [-0.15, -0.1) is 0 Å². The summed E-state index contributed by atoms with van der Waals surface area (Å²) in [5, 5.41) is 11.4. The number of hydrogen-bond acceptors (Lipinski definition) is 9. The fraction of sp³-hybridized carbons (Fsp3) is 0.457. The molecule has 0 saturated heterocycles. The Morgan fingerprint density at radius 3 is 2.04 bits per heavy atom. The van der Waals surface area contributed by atoms with Gasteiger partial charge in [0.05, 0.1) is 38.6 Å². The number of unbranched alkanes of at least 4 members (excludes halogenated alkanes) is 2. The van der Waals surface area contributed by atoms with Gasteiger partial charge in [-0.3, -0.25) is 13.6 Å². The highest BCUT2D eigenvalue weighted by atomic mass is 31.2. The summed E-state index contributed by atoms with van der Waals surface area (Å²) in [6.45, 7) is 2.77. The Morgan fingerprint density at radius 2 is 1.39 bits per heavy atom. The Balaban J connectivity index is 1.00. The highest BCUT2D eigenvalue weighted by molar-refractivity contribution is 7.48. The minimum absolute atomic E-state index is 0.0104. The standard InChI is InChI=1S/C46H57O9P/c1-2-3-7-22-40(50-26-27-53-56(49,54-32-36-17-10-5-11-18-36)55-33-37-19-12-6-13-20-37)24-25-41-42-28-38-21-14-23-45(43(38)29-39(42)30-44(41)47)51-34-46(48)52-31-35-15-8-4-9-16-35/h4-6,8-21,23,39-42,44,47H,2-3,7,22,24-34H2,1H3/t39?,40?,41?,42?,44-/m1/s1.